The van der Waals surface area contributed by atoms with Gasteiger partial charge < -0.3 is 19.6 Å². The van der Waals surface area contributed by atoms with Gasteiger partial charge in [0.2, 0.25) is 5.91 Å². The molecule has 2 aromatic carbocycles. The summed E-state index contributed by atoms with van der Waals surface area (Å²) in [4.78, 5) is 28.9. The molecule has 152 valence electrons. The van der Waals surface area contributed by atoms with Crippen molar-refractivity contribution in [3.8, 4) is 5.75 Å². The highest BCUT2D eigenvalue weighted by molar-refractivity contribution is 5.99. The van der Waals surface area contributed by atoms with Crippen LogP contribution in [0.25, 0.3) is 0 Å². The lowest BCUT2D eigenvalue weighted by Gasteiger charge is -2.26. The molecule has 2 amide bonds. The molecule has 0 aliphatic carbocycles. The Hall–Kier alpha value is -2.86. The lowest BCUT2D eigenvalue weighted by Crippen LogP contribution is -2.37. The van der Waals surface area contributed by atoms with Gasteiger partial charge in [-0.15, -0.1) is 0 Å². The van der Waals surface area contributed by atoms with Gasteiger partial charge in [0.1, 0.15) is 5.75 Å². The second kappa shape index (κ2) is 8.66. The van der Waals surface area contributed by atoms with Crippen LogP contribution in [0, 0.1) is 0 Å². The van der Waals surface area contributed by atoms with Gasteiger partial charge in [0.15, 0.2) is 0 Å². The molecule has 2 heterocycles. The number of phenolic OH excluding ortho intramolecular Hbond substituents is 1. The van der Waals surface area contributed by atoms with E-state index in [1.807, 2.05) is 24.3 Å². The Morgan fingerprint density at radius 1 is 1.17 bits per heavy atom. The molecular weight excluding hydrogens is 368 g/mol. The van der Waals surface area contributed by atoms with E-state index in [-0.39, 0.29) is 23.7 Å². The topological polar surface area (TPSA) is 70.1 Å². The minimum atomic E-state index is -0.128. The first kappa shape index (κ1) is 19.5. The van der Waals surface area contributed by atoms with Gasteiger partial charge in [-0.1, -0.05) is 24.3 Å². The number of carbonyl (C=O) groups is 2. The van der Waals surface area contributed by atoms with Crippen molar-refractivity contribution in [2.45, 2.75) is 38.3 Å². The standard InChI is InChI=1S/C23H26N2O4/c26-21-10-2-1-6-18(21)15-24(16-20-9-5-13-29-20)23(28)17-7-3-8-19(14-17)25-12-4-11-22(25)27/h1-3,6-8,10,14,20,26H,4-5,9,11-13,15-16H2. The zero-order chi connectivity index (χ0) is 20.2. The summed E-state index contributed by atoms with van der Waals surface area (Å²) in [5, 5.41) is 10.2. The molecule has 2 saturated heterocycles. The number of carbonyl (C=O) groups excluding carboxylic acids is 2. The molecule has 0 spiro atoms. The third kappa shape index (κ3) is 4.43. The summed E-state index contributed by atoms with van der Waals surface area (Å²) >= 11 is 0. The van der Waals surface area contributed by atoms with Crippen LogP contribution in [0.4, 0.5) is 5.69 Å². The van der Waals surface area contributed by atoms with Gasteiger partial charge in [0.25, 0.3) is 5.91 Å². The van der Waals surface area contributed by atoms with E-state index < -0.39 is 0 Å². The van der Waals surface area contributed by atoms with Crippen molar-refractivity contribution in [2.24, 2.45) is 0 Å². The first-order chi connectivity index (χ1) is 14.1. The summed E-state index contributed by atoms with van der Waals surface area (Å²) in [5.74, 6) is 0.145. The largest absolute Gasteiger partial charge is 0.508 e. The maximum absolute atomic E-state index is 13.4. The van der Waals surface area contributed by atoms with E-state index in [0.717, 1.165) is 31.6 Å². The van der Waals surface area contributed by atoms with Crippen molar-refractivity contribution in [2.75, 3.05) is 24.6 Å². The first-order valence-corrected chi connectivity index (χ1v) is 10.2. The van der Waals surface area contributed by atoms with Gasteiger partial charge in [-0.05, 0) is 43.5 Å². The minimum absolute atomic E-state index is 0.00754. The third-order valence-corrected chi connectivity index (χ3v) is 5.57. The first-order valence-electron chi connectivity index (χ1n) is 10.2. The fraction of sp³-hybridized carbons (Fsp3) is 0.391. The van der Waals surface area contributed by atoms with E-state index in [2.05, 4.69) is 0 Å². The number of nitrogens with zero attached hydrogens (tertiary/aromatic N) is 2. The number of amides is 2. The van der Waals surface area contributed by atoms with E-state index >= 15 is 0 Å². The normalized spacial score (nSPS) is 19.0. The van der Waals surface area contributed by atoms with Crippen molar-refractivity contribution >= 4 is 17.5 Å². The van der Waals surface area contributed by atoms with Gasteiger partial charge in [-0.25, -0.2) is 0 Å². The van der Waals surface area contributed by atoms with Crippen molar-refractivity contribution in [1.82, 2.24) is 4.90 Å². The summed E-state index contributed by atoms with van der Waals surface area (Å²) < 4.78 is 5.75. The Labute approximate surface area is 170 Å². The van der Waals surface area contributed by atoms with Crippen molar-refractivity contribution in [3.05, 3.63) is 59.7 Å². The Kier molecular flexibility index (Phi) is 5.81. The highest BCUT2D eigenvalue weighted by Gasteiger charge is 2.26. The highest BCUT2D eigenvalue weighted by atomic mass is 16.5. The molecule has 4 rings (SSSR count). The molecule has 0 aromatic heterocycles. The average molecular weight is 394 g/mol. The van der Waals surface area contributed by atoms with E-state index in [4.69, 9.17) is 4.74 Å². The van der Waals surface area contributed by atoms with Gasteiger partial charge >= 0.3 is 0 Å². The Morgan fingerprint density at radius 2 is 2.03 bits per heavy atom. The van der Waals surface area contributed by atoms with Gasteiger partial charge in [-0.2, -0.15) is 0 Å². The molecule has 6 nitrogen and oxygen atoms in total. The minimum Gasteiger partial charge on any atom is -0.508 e. The molecule has 0 bridgehead atoms. The Morgan fingerprint density at radius 3 is 2.76 bits per heavy atom. The molecule has 6 heteroatoms. The third-order valence-electron chi connectivity index (χ3n) is 5.57. The van der Waals surface area contributed by atoms with Gasteiger partial charge in [-0.3, -0.25) is 9.59 Å². The van der Waals surface area contributed by atoms with Crippen LogP contribution in [0.2, 0.25) is 0 Å². The fourth-order valence-electron chi connectivity index (χ4n) is 4.01. The number of benzene rings is 2. The maximum Gasteiger partial charge on any atom is 0.254 e. The van der Waals surface area contributed by atoms with Crippen LogP contribution in [0.15, 0.2) is 48.5 Å². The number of hydrogen-bond donors (Lipinski definition) is 1. The lowest BCUT2D eigenvalue weighted by molar-refractivity contribution is -0.117. The monoisotopic (exact) mass is 394 g/mol. The molecule has 2 fully saturated rings. The molecule has 1 atom stereocenters. The van der Waals surface area contributed by atoms with Gasteiger partial charge in [0.05, 0.1) is 6.10 Å². The van der Waals surface area contributed by atoms with E-state index in [1.54, 1.807) is 34.1 Å². The van der Waals surface area contributed by atoms with Crippen LogP contribution in [0.3, 0.4) is 0 Å². The SMILES string of the molecule is O=C(c1cccc(N2CCCC2=O)c1)N(Cc1ccccc1O)CC1CCCO1. The van der Waals surface area contributed by atoms with Crippen LogP contribution in [-0.2, 0) is 16.1 Å². The average Bonchev–Trinajstić information content (AvgIpc) is 3.40. The molecule has 2 aromatic rings. The Balaban J connectivity index is 1.58. The molecule has 1 N–H and O–H groups in total. The molecule has 0 saturated carbocycles. The summed E-state index contributed by atoms with van der Waals surface area (Å²) in [6, 6.07) is 14.3. The van der Waals surface area contributed by atoms with Crippen LogP contribution in [0.5, 0.6) is 5.75 Å². The van der Waals surface area contributed by atoms with E-state index in [9.17, 15) is 14.7 Å². The molecule has 0 radical (unpaired) electrons. The maximum atomic E-state index is 13.4. The molecule has 29 heavy (non-hydrogen) atoms. The lowest BCUT2D eigenvalue weighted by atomic mass is 10.1. The molecular formula is C23H26N2O4. The molecule has 2 aliphatic rings. The Bertz CT molecular complexity index is 892. The smallest absolute Gasteiger partial charge is 0.254 e. The van der Waals surface area contributed by atoms with Crippen LogP contribution in [-0.4, -0.2) is 47.6 Å². The number of ether oxygens (including phenoxy) is 1. The zero-order valence-corrected chi connectivity index (χ0v) is 16.4. The second-order valence-corrected chi connectivity index (χ2v) is 7.65. The van der Waals surface area contributed by atoms with E-state index in [0.29, 0.717) is 37.2 Å². The van der Waals surface area contributed by atoms with Crippen molar-refractivity contribution < 1.29 is 19.4 Å². The predicted molar refractivity (Wildman–Crippen MR) is 110 cm³/mol. The number of rotatable bonds is 6. The molecule has 2 aliphatic heterocycles. The van der Waals surface area contributed by atoms with Crippen LogP contribution in [0.1, 0.15) is 41.6 Å². The number of hydrogen-bond acceptors (Lipinski definition) is 4. The number of anilines is 1. The van der Waals surface area contributed by atoms with Crippen molar-refractivity contribution in [1.29, 1.82) is 0 Å². The fourth-order valence-corrected chi connectivity index (χ4v) is 4.01. The van der Waals surface area contributed by atoms with Gasteiger partial charge in [0, 0.05) is 49.5 Å². The predicted octanol–water partition coefficient (Wildman–Crippen LogP) is 3.34. The number of para-hydroxylation sites is 1. The highest BCUT2D eigenvalue weighted by Crippen LogP contribution is 2.25. The van der Waals surface area contributed by atoms with E-state index in [1.165, 1.54) is 0 Å². The van der Waals surface area contributed by atoms with Crippen LogP contribution >= 0.6 is 0 Å². The zero-order valence-electron chi connectivity index (χ0n) is 16.4. The summed E-state index contributed by atoms with van der Waals surface area (Å²) in [6.45, 7) is 2.18. The number of phenols is 1. The summed E-state index contributed by atoms with van der Waals surface area (Å²) in [6.07, 6.45) is 3.32. The quantitative estimate of drug-likeness (QED) is 0.816. The van der Waals surface area contributed by atoms with Crippen LogP contribution < -0.4 is 4.90 Å². The summed E-state index contributed by atoms with van der Waals surface area (Å²) in [5.41, 5.74) is 2.00. The van der Waals surface area contributed by atoms with Crippen molar-refractivity contribution in [3.63, 3.8) is 0 Å². The molecule has 1 unspecified atom stereocenters. The number of aromatic hydroxyl groups is 1. The summed E-state index contributed by atoms with van der Waals surface area (Å²) in [7, 11) is 0. The second-order valence-electron chi connectivity index (χ2n) is 7.65.